The van der Waals surface area contributed by atoms with Crippen molar-refractivity contribution in [2.45, 2.75) is 63.0 Å². The summed E-state index contributed by atoms with van der Waals surface area (Å²) in [4.78, 5) is 12.3. The molecule has 0 aliphatic carbocycles. The molecule has 0 spiro atoms. The van der Waals surface area contributed by atoms with Crippen LogP contribution in [0.3, 0.4) is 0 Å². The molecule has 2 aromatic carbocycles. The van der Waals surface area contributed by atoms with E-state index in [0.29, 0.717) is 30.5 Å². The maximum Gasteiger partial charge on any atom is 0.182 e. The minimum Gasteiger partial charge on any atom is -0.303 e. The van der Waals surface area contributed by atoms with Gasteiger partial charge < -0.3 is 4.79 Å². The van der Waals surface area contributed by atoms with E-state index in [-0.39, 0.29) is 4.90 Å². The second-order valence-electron chi connectivity index (χ2n) is 7.59. The van der Waals surface area contributed by atoms with Crippen LogP contribution in [0.25, 0.3) is 0 Å². The van der Waals surface area contributed by atoms with Gasteiger partial charge in [0.2, 0.25) is 0 Å². The molecule has 0 fully saturated rings. The van der Waals surface area contributed by atoms with Gasteiger partial charge in [-0.3, -0.25) is 10.7 Å². The van der Waals surface area contributed by atoms with E-state index in [9.17, 15) is 18.4 Å². The van der Waals surface area contributed by atoms with Crippen molar-refractivity contribution in [3.8, 4) is 0 Å². The molecule has 2 unspecified atom stereocenters. The summed E-state index contributed by atoms with van der Waals surface area (Å²) in [7, 11) is -3.77. The normalized spacial score (nSPS) is 14.8. The van der Waals surface area contributed by atoms with Gasteiger partial charge >= 0.3 is 0 Å². The number of rotatable bonds is 11. The third-order valence-corrected chi connectivity index (χ3v) is 8.31. The smallest absolute Gasteiger partial charge is 0.182 e. The second-order valence-corrected chi connectivity index (χ2v) is 9.83. The van der Waals surface area contributed by atoms with E-state index in [2.05, 4.69) is 5.48 Å². The highest BCUT2D eigenvalue weighted by molar-refractivity contribution is 7.92. The standard InChI is InChI=1S/C23H31NO4S/c1-4-6-14-23(5-2,17-25)18(3)29(27,28)22-13-12-21(24-26)16-20(22)15-19-10-8-7-9-11-19/h7-13,16-18,24,26H,4-6,14-15H2,1-3H3. The molecule has 2 aromatic rings. The Morgan fingerprint density at radius 1 is 1.14 bits per heavy atom. The Morgan fingerprint density at radius 3 is 2.38 bits per heavy atom. The Hall–Kier alpha value is -2.18. The van der Waals surface area contributed by atoms with Crippen LogP contribution < -0.4 is 5.48 Å². The molecule has 0 aliphatic heterocycles. The van der Waals surface area contributed by atoms with Gasteiger partial charge in [0.25, 0.3) is 0 Å². The highest BCUT2D eigenvalue weighted by Crippen LogP contribution is 2.38. The number of carbonyl (C=O) groups excluding carboxylic acids is 1. The molecular weight excluding hydrogens is 386 g/mol. The fraction of sp³-hybridized carbons (Fsp3) is 0.435. The maximum absolute atomic E-state index is 13.6. The van der Waals surface area contributed by atoms with E-state index in [0.717, 1.165) is 24.7 Å². The molecule has 0 aliphatic rings. The predicted molar refractivity (Wildman–Crippen MR) is 116 cm³/mol. The van der Waals surface area contributed by atoms with E-state index in [1.165, 1.54) is 12.1 Å². The second kappa shape index (κ2) is 10.0. The van der Waals surface area contributed by atoms with Gasteiger partial charge in [-0.05, 0) is 55.5 Å². The number of nitrogens with one attached hydrogen (secondary N) is 1. The monoisotopic (exact) mass is 417 g/mol. The number of hydrogen-bond donors (Lipinski definition) is 2. The van der Waals surface area contributed by atoms with E-state index in [4.69, 9.17) is 0 Å². The summed E-state index contributed by atoms with van der Waals surface area (Å²) in [6.45, 7) is 5.55. The first-order valence-corrected chi connectivity index (χ1v) is 11.7. The Balaban J connectivity index is 2.54. The maximum atomic E-state index is 13.6. The predicted octanol–water partition coefficient (Wildman–Crippen LogP) is 5.03. The summed E-state index contributed by atoms with van der Waals surface area (Å²) < 4.78 is 27.3. The van der Waals surface area contributed by atoms with Crippen molar-refractivity contribution in [2.75, 3.05) is 5.48 Å². The third kappa shape index (κ3) is 5.06. The lowest BCUT2D eigenvalue weighted by molar-refractivity contribution is -0.116. The van der Waals surface area contributed by atoms with Gasteiger partial charge in [0.05, 0.1) is 15.8 Å². The number of benzene rings is 2. The Bertz CT molecular complexity index is 912. The van der Waals surface area contributed by atoms with Crippen molar-refractivity contribution in [1.29, 1.82) is 0 Å². The summed E-state index contributed by atoms with van der Waals surface area (Å²) in [5.41, 5.74) is 3.16. The number of unbranched alkanes of at least 4 members (excludes halogenated alkanes) is 1. The van der Waals surface area contributed by atoms with Crippen molar-refractivity contribution < 1.29 is 18.4 Å². The van der Waals surface area contributed by atoms with Crippen LogP contribution in [0.2, 0.25) is 0 Å². The third-order valence-electron chi connectivity index (χ3n) is 5.90. The van der Waals surface area contributed by atoms with E-state index in [1.54, 1.807) is 13.0 Å². The van der Waals surface area contributed by atoms with Crippen molar-refractivity contribution in [3.63, 3.8) is 0 Å². The largest absolute Gasteiger partial charge is 0.303 e. The van der Waals surface area contributed by atoms with Crippen LogP contribution in [-0.2, 0) is 21.1 Å². The average molecular weight is 418 g/mol. The van der Waals surface area contributed by atoms with Crippen molar-refractivity contribution in [2.24, 2.45) is 5.41 Å². The van der Waals surface area contributed by atoms with Gasteiger partial charge in [-0.25, -0.2) is 8.42 Å². The minimum absolute atomic E-state index is 0.212. The first-order valence-electron chi connectivity index (χ1n) is 10.1. The van der Waals surface area contributed by atoms with Crippen LogP contribution in [-0.4, -0.2) is 25.2 Å². The zero-order chi connectivity index (χ0) is 21.5. The molecule has 0 heterocycles. The first-order chi connectivity index (χ1) is 13.8. The number of carbonyl (C=O) groups is 1. The highest BCUT2D eigenvalue weighted by atomic mass is 32.2. The minimum atomic E-state index is -3.77. The van der Waals surface area contributed by atoms with Crippen molar-refractivity contribution in [1.82, 2.24) is 0 Å². The van der Waals surface area contributed by atoms with Crippen LogP contribution >= 0.6 is 0 Å². The summed E-state index contributed by atoms with van der Waals surface area (Å²) in [5.74, 6) is 0. The van der Waals surface area contributed by atoms with Gasteiger partial charge in [-0.2, -0.15) is 0 Å². The molecule has 29 heavy (non-hydrogen) atoms. The molecule has 5 nitrogen and oxygen atoms in total. The van der Waals surface area contributed by atoms with Crippen LogP contribution in [0, 0.1) is 5.41 Å². The Kier molecular flexibility index (Phi) is 7.99. The molecule has 2 atom stereocenters. The van der Waals surface area contributed by atoms with Crippen LogP contribution in [0.1, 0.15) is 57.6 Å². The molecule has 2 N–H and O–H groups in total. The Labute approximate surface area is 174 Å². The van der Waals surface area contributed by atoms with E-state index < -0.39 is 20.5 Å². The van der Waals surface area contributed by atoms with Gasteiger partial charge in [0.15, 0.2) is 9.84 Å². The fourth-order valence-corrected chi connectivity index (χ4v) is 5.88. The summed E-state index contributed by atoms with van der Waals surface area (Å²) >= 11 is 0. The number of aldehydes is 1. The molecule has 6 heteroatoms. The topological polar surface area (TPSA) is 83.5 Å². The molecule has 0 amide bonds. The SMILES string of the molecule is CCCCC(C=O)(CC)C(C)S(=O)(=O)c1ccc(NO)cc1Cc1ccccc1. The van der Waals surface area contributed by atoms with E-state index in [1.807, 2.05) is 44.2 Å². The lowest BCUT2D eigenvalue weighted by Gasteiger charge is -2.33. The van der Waals surface area contributed by atoms with Gasteiger partial charge in [0.1, 0.15) is 6.29 Å². The number of anilines is 1. The first kappa shape index (κ1) is 23.1. The number of hydrogen-bond acceptors (Lipinski definition) is 5. The van der Waals surface area contributed by atoms with Crippen LogP contribution in [0.5, 0.6) is 0 Å². The number of sulfone groups is 1. The zero-order valence-corrected chi connectivity index (χ0v) is 18.2. The van der Waals surface area contributed by atoms with Gasteiger partial charge in [-0.15, -0.1) is 0 Å². The molecular formula is C23H31NO4S. The zero-order valence-electron chi connectivity index (χ0n) is 17.4. The summed E-state index contributed by atoms with van der Waals surface area (Å²) in [5, 5.41) is 8.45. The molecule has 0 aromatic heterocycles. The summed E-state index contributed by atoms with van der Waals surface area (Å²) in [6, 6.07) is 14.3. The van der Waals surface area contributed by atoms with Crippen molar-refractivity contribution in [3.05, 3.63) is 59.7 Å². The van der Waals surface area contributed by atoms with Crippen LogP contribution in [0.4, 0.5) is 5.69 Å². The molecule has 0 bridgehead atoms. The molecule has 158 valence electrons. The molecule has 2 rings (SSSR count). The fourth-order valence-electron chi connectivity index (χ4n) is 3.79. The lowest BCUT2D eigenvalue weighted by atomic mass is 9.79. The van der Waals surface area contributed by atoms with E-state index >= 15 is 0 Å². The molecule has 0 radical (unpaired) electrons. The molecule has 0 saturated heterocycles. The molecule has 0 saturated carbocycles. The highest BCUT2D eigenvalue weighted by Gasteiger charge is 2.42. The van der Waals surface area contributed by atoms with Gasteiger partial charge in [-0.1, -0.05) is 57.0 Å². The Morgan fingerprint density at radius 2 is 1.83 bits per heavy atom. The van der Waals surface area contributed by atoms with Crippen LogP contribution in [0.15, 0.2) is 53.4 Å². The summed E-state index contributed by atoms with van der Waals surface area (Å²) in [6.07, 6.45) is 3.97. The van der Waals surface area contributed by atoms with Crippen molar-refractivity contribution >= 4 is 21.8 Å². The average Bonchev–Trinajstić information content (AvgIpc) is 2.75. The lowest BCUT2D eigenvalue weighted by Crippen LogP contribution is -2.40. The van der Waals surface area contributed by atoms with Gasteiger partial charge in [0, 0.05) is 5.41 Å². The quantitative estimate of drug-likeness (QED) is 0.396.